The van der Waals surface area contributed by atoms with Gasteiger partial charge in [-0.15, -0.1) is 0 Å². The normalized spacial score (nSPS) is 16.9. The quantitative estimate of drug-likeness (QED) is 0.831. The summed E-state index contributed by atoms with van der Waals surface area (Å²) in [4.78, 5) is 12.1. The third-order valence-electron chi connectivity index (χ3n) is 3.52. The van der Waals surface area contributed by atoms with E-state index in [1.54, 1.807) is 0 Å². The van der Waals surface area contributed by atoms with E-state index >= 15 is 0 Å². The molecule has 1 aromatic carbocycles. The van der Waals surface area contributed by atoms with Crippen molar-refractivity contribution in [2.75, 3.05) is 26.2 Å². The van der Waals surface area contributed by atoms with Crippen LogP contribution in [0.2, 0.25) is 0 Å². The van der Waals surface area contributed by atoms with Gasteiger partial charge in [0.1, 0.15) is 5.60 Å². The lowest BCUT2D eigenvalue weighted by Crippen LogP contribution is -2.42. The fraction of sp³-hybridized carbons (Fsp3) is 0.611. The second-order valence-corrected chi connectivity index (χ2v) is 6.88. The monoisotopic (exact) mass is 321 g/mol. The van der Waals surface area contributed by atoms with E-state index in [1.165, 1.54) is 11.1 Å². The Morgan fingerprint density at radius 2 is 1.83 bits per heavy atom. The summed E-state index contributed by atoms with van der Waals surface area (Å²) in [6.45, 7) is 13.5. The molecule has 5 heteroatoms. The molecule has 0 saturated carbocycles. The molecule has 23 heavy (non-hydrogen) atoms. The number of carbonyl (C=O) groups is 1. The van der Waals surface area contributed by atoms with Crippen molar-refractivity contribution in [1.29, 1.82) is 0 Å². The lowest BCUT2D eigenvalue weighted by molar-refractivity contribution is -0.138. The zero-order valence-electron chi connectivity index (χ0n) is 14.8. The molecule has 1 atom stereocenters. The molecule has 0 spiro atoms. The SMILES string of the molecule is CC(C)(C)OC=O.CC(N)c1ccc(CN2CCNCC2)cc1. The van der Waals surface area contributed by atoms with Gasteiger partial charge in [0.15, 0.2) is 0 Å². The first-order valence-electron chi connectivity index (χ1n) is 8.21. The van der Waals surface area contributed by atoms with Crippen molar-refractivity contribution in [2.45, 2.75) is 45.9 Å². The van der Waals surface area contributed by atoms with Crippen molar-refractivity contribution < 1.29 is 9.53 Å². The highest BCUT2D eigenvalue weighted by Crippen LogP contribution is 2.12. The molecule has 0 radical (unpaired) electrons. The van der Waals surface area contributed by atoms with E-state index in [0.29, 0.717) is 6.47 Å². The predicted molar refractivity (Wildman–Crippen MR) is 94.1 cm³/mol. The minimum Gasteiger partial charge on any atom is -0.462 e. The van der Waals surface area contributed by atoms with Crippen molar-refractivity contribution in [3.63, 3.8) is 0 Å². The van der Waals surface area contributed by atoms with Gasteiger partial charge in [-0.05, 0) is 38.8 Å². The number of hydrogen-bond donors (Lipinski definition) is 2. The summed E-state index contributed by atoms with van der Waals surface area (Å²) < 4.78 is 4.55. The molecule has 1 aliphatic heterocycles. The highest BCUT2D eigenvalue weighted by molar-refractivity contribution is 5.37. The number of rotatable bonds is 4. The zero-order valence-corrected chi connectivity index (χ0v) is 14.8. The van der Waals surface area contributed by atoms with Crippen LogP contribution in [0.5, 0.6) is 0 Å². The Labute approximate surface area is 140 Å². The molecular weight excluding hydrogens is 290 g/mol. The molecule has 0 bridgehead atoms. The van der Waals surface area contributed by atoms with Crippen molar-refractivity contribution in [3.05, 3.63) is 35.4 Å². The molecule has 0 aromatic heterocycles. The van der Waals surface area contributed by atoms with Gasteiger partial charge in [-0.2, -0.15) is 0 Å². The largest absolute Gasteiger partial charge is 0.462 e. The van der Waals surface area contributed by atoms with E-state index < -0.39 is 0 Å². The molecule has 5 nitrogen and oxygen atoms in total. The van der Waals surface area contributed by atoms with Crippen LogP contribution in [0, 0.1) is 0 Å². The number of benzene rings is 1. The smallest absolute Gasteiger partial charge is 0.293 e. The number of nitrogens with zero attached hydrogens (tertiary/aromatic N) is 1. The number of nitrogens with one attached hydrogen (secondary N) is 1. The number of hydrogen-bond acceptors (Lipinski definition) is 5. The van der Waals surface area contributed by atoms with Crippen LogP contribution in [0.25, 0.3) is 0 Å². The summed E-state index contributed by atoms with van der Waals surface area (Å²) in [6, 6.07) is 8.81. The molecule has 0 amide bonds. The highest BCUT2D eigenvalue weighted by atomic mass is 16.5. The number of carbonyl (C=O) groups excluding carboxylic acids is 1. The predicted octanol–water partition coefficient (Wildman–Crippen LogP) is 2.07. The van der Waals surface area contributed by atoms with Crippen molar-refractivity contribution in [1.82, 2.24) is 10.2 Å². The number of nitrogens with two attached hydrogens (primary N) is 1. The average Bonchev–Trinajstić information content (AvgIpc) is 2.48. The Balaban J connectivity index is 0.000000322. The molecule has 1 aromatic rings. The zero-order chi connectivity index (χ0) is 17.3. The topological polar surface area (TPSA) is 67.6 Å². The summed E-state index contributed by atoms with van der Waals surface area (Å²) in [5, 5.41) is 3.37. The first kappa shape index (κ1) is 19.6. The number of ether oxygens (including phenoxy) is 1. The molecule has 1 fully saturated rings. The lowest BCUT2D eigenvalue weighted by Gasteiger charge is -2.27. The van der Waals surface area contributed by atoms with E-state index in [2.05, 4.69) is 39.2 Å². The third-order valence-corrected chi connectivity index (χ3v) is 3.52. The van der Waals surface area contributed by atoms with Crippen LogP contribution in [-0.2, 0) is 16.1 Å². The number of piperazine rings is 1. The molecule has 1 heterocycles. The van der Waals surface area contributed by atoms with Gasteiger partial charge in [-0.1, -0.05) is 24.3 Å². The second-order valence-electron chi connectivity index (χ2n) is 6.88. The van der Waals surface area contributed by atoms with Crippen molar-refractivity contribution in [3.8, 4) is 0 Å². The fourth-order valence-corrected chi connectivity index (χ4v) is 2.20. The molecule has 1 unspecified atom stereocenters. The summed E-state index contributed by atoms with van der Waals surface area (Å²) in [7, 11) is 0. The van der Waals surface area contributed by atoms with Crippen molar-refractivity contribution in [2.24, 2.45) is 5.73 Å². The summed E-state index contributed by atoms with van der Waals surface area (Å²) >= 11 is 0. The Kier molecular flexibility index (Phi) is 8.23. The van der Waals surface area contributed by atoms with Gasteiger partial charge in [0.25, 0.3) is 6.47 Å². The molecule has 3 N–H and O–H groups in total. The van der Waals surface area contributed by atoms with Gasteiger partial charge < -0.3 is 15.8 Å². The first-order valence-corrected chi connectivity index (χ1v) is 8.21. The Morgan fingerprint density at radius 3 is 2.22 bits per heavy atom. The lowest BCUT2D eigenvalue weighted by atomic mass is 10.1. The molecule has 130 valence electrons. The molecule has 2 rings (SSSR count). The van der Waals surface area contributed by atoms with Crippen LogP contribution in [0.3, 0.4) is 0 Å². The minimum atomic E-state index is -0.318. The van der Waals surface area contributed by atoms with E-state index in [-0.39, 0.29) is 11.6 Å². The Hall–Kier alpha value is -1.43. The van der Waals surface area contributed by atoms with Gasteiger partial charge >= 0.3 is 0 Å². The maximum atomic E-state index is 9.60. The molecular formula is C18H31N3O2. The standard InChI is InChI=1S/C13H21N3.C5H10O2/c1-11(14)13-4-2-12(3-5-13)10-16-8-6-15-7-9-16;1-5(2,3)7-4-6/h2-5,11,15H,6-10,14H2,1H3;4H,1-3H3. The van der Waals surface area contributed by atoms with E-state index in [0.717, 1.165) is 32.7 Å². The van der Waals surface area contributed by atoms with Crippen LogP contribution >= 0.6 is 0 Å². The van der Waals surface area contributed by atoms with Crippen molar-refractivity contribution >= 4 is 6.47 Å². The molecule has 1 aliphatic rings. The van der Waals surface area contributed by atoms with Crippen LogP contribution in [-0.4, -0.2) is 43.2 Å². The second kappa shape index (κ2) is 9.65. The van der Waals surface area contributed by atoms with Gasteiger partial charge in [0, 0.05) is 38.8 Å². The molecule has 1 saturated heterocycles. The van der Waals surface area contributed by atoms with Crippen LogP contribution in [0.1, 0.15) is 44.9 Å². The third kappa shape index (κ3) is 8.69. The summed E-state index contributed by atoms with van der Waals surface area (Å²) in [6.07, 6.45) is 0. The summed E-state index contributed by atoms with van der Waals surface area (Å²) in [5.74, 6) is 0. The van der Waals surface area contributed by atoms with Gasteiger partial charge in [-0.25, -0.2) is 0 Å². The summed E-state index contributed by atoms with van der Waals surface area (Å²) in [5.41, 5.74) is 8.10. The average molecular weight is 321 g/mol. The Morgan fingerprint density at radius 1 is 1.26 bits per heavy atom. The fourth-order valence-electron chi connectivity index (χ4n) is 2.20. The van der Waals surface area contributed by atoms with Gasteiger partial charge in [0.05, 0.1) is 0 Å². The minimum absolute atomic E-state index is 0.133. The van der Waals surface area contributed by atoms with Crippen LogP contribution in [0.15, 0.2) is 24.3 Å². The maximum absolute atomic E-state index is 9.60. The first-order chi connectivity index (χ1) is 10.8. The van der Waals surface area contributed by atoms with Crippen LogP contribution < -0.4 is 11.1 Å². The van der Waals surface area contributed by atoms with Crippen LogP contribution in [0.4, 0.5) is 0 Å². The maximum Gasteiger partial charge on any atom is 0.293 e. The van der Waals surface area contributed by atoms with E-state index in [9.17, 15) is 4.79 Å². The Bertz CT molecular complexity index is 446. The van der Waals surface area contributed by atoms with Gasteiger partial charge in [0.2, 0.25) is 0 Å². The van der Waals surface area contributed by atoms with E-state index in [1.807, 2.05) is 27.7 Å². The highest BCUT2D eigenvalue weighted by Gasteiger charge is 2.09. The molecule has 0 aliphatic carbocycles. The van der Waals surface area contributed by atoms with E-state index in [4.69, 9.17) is 5.73 Å². The van der Waals surface area contributed by atoms with Gasteiger partial charge in [-0.3, -0.25) is 9.69 Å².